The van der Waals surface area contributed by atoms with Crippen LogP contribution in [-0.4, -0.2) is 13.5 Å². The molecule has 0 aromatic heterocycles. The zero-order valence-corrected chi connectivity index (χ0v) is 8.29. The van der Waals surface area contributed by atoms with Gasteiger partial charge in [0.25, 0.3) is 0 Å². The molecule has 13 heavy (non-hydrogen) atoms. The van der Waals surface area contributed by atoms with Crippen molar-refractivity contribution in [2.45, 2.75) is 4.90 Å². The number of hydrogen-bond donors (Lipinski definition) is 1. The number of phenols is 1. The van der Waals surface area contributed by atoms with Crippen LogP contribution in [-0.2, 0) is 10.2 Å². The van der Waals surface area contributed by atoms with E-state index < -0.39 is 20.9 Å². The summed E-state index contributed by atoms with van der Waals surface area (Å²) in [7, 11) is -4.97. The van der Waals surface area contributed by atoms with Crippen molar-refractivity contribution in [3.8, 4) is 5.75 Å². The van der Waals surface area contributed by atoms with Crippen LogP contribution < -0.4 is 0 Å². The van der Waals surface area contributed by atoms with Crippen molar-refractivity contribution in [2.75, 3.05) is 0 Å². The molecule has 0 spiro atoms. The molecule has 0 bridgehead atoms. The van der Waals surface area contributed by atoms with Crippen LogP contribution >= 0.6 is 23.2 Å². The Morgan fingerprint density at radius 2 is 1.85 bits per heavy atom. The van der Waals surface area contributed by atoms with Crippen molar-refractivity contribution in [1.82, 2.24) is 0 Å². The molecule has 3 nitrogen and oxygen atoms in total. The molecule has 0 fully saturated rings. The SMILES string of the molecule is O=S(=O)(F)c1ccc(Cl)c(Cl)c1O. The molecule has 0 atom stereocenters. The van der Waals surface area contributed by atoms with Crippen molar-refractivity contribution in [3.63, 3.8) is 0 Å². The van der Waals surface area contributed by atoms with Gasteiger partial charge in [-0.25, -0.2) is 0 Å². The van der Waals surface area contributed by atoms with Crippen LogP contribution in [0.25, 0.3) is 0 Å². The Bertz CT molecular complexity index is 443. The number of hydrogen-bond acceptors (Lipinski definition) is 3. The Labute approximate surface area is 83.9 Å². The largest absolute Gasteiger partial charge is 0.505 e. The summed E-state index contributed by atoms with van der Waals surface area (Å²) in [5.74, 6) is -0.878. The molecular formula is C6H3Cl2FO3S. The summed E-state index contributed by atoms with van der Waals surface area (Å²) < 4.78 is 33.2. The Morgan fingerprint density at radius 3 is 2.31 bits per heavy atom. The Hall–Kier alpha value is -0.520. The predicted molar refractivity (Wildman–Crippen MR) is 46.4 cm³/mol. The summed E-state index contributed by atoms with van der Waals surface area (Å²) in [4.78, 5) is -0.887. The molecule has 0 radical (unpaired) electrons. The number of benzene rings is 1. The fraction of sp³-hybridized carbons (Fsp3) is 0. The molecule has 1 aromatic carbocycles. The van der Waals surface area contributed by atoms with E-state index in [1.54, 1.807) is 0 Å². The lowest BCUT2D eigenvalue weighted by Crippen LogP contribution is -1.92. The zero-order valence-electron chi connectivity index (χ0n) is 5.96. The smallest absolute Gasteiger partial charge is 0.335 e. The van der Waals surface area contributed by atoms with Crippen molar-refractivity contribution in [1.29, 1.82) is 0 Å². The van der Waals surface area contributed by atoms with Gasteiger partial charge in [0, 0.05) is 0 Å². The third-order valence-corrected chi connectivity index (χ3v) is 2.94. The molecular weight excluding hydrogens is 242 g/mol. The molecule has 0 saturated heterocycles. The molecule has 0 aliphatic heterocycles. The molecule has 7 heteroatoms. The quantitative estimate of drug-likeness (QED) is 0.772. The van der Waals surface area contributed by atoms with Gasteiger partial charge in [-0.3, -0.25) is 0 Å². The topological polar surface area (TPSA) is 54.4 Å². The van der Waals surface area contributed by atoms with Crippen LogP contribution in [0.2, 0.25) is 10.0 Å². The van der Waals surface area contributed by atoms with Crippen molar-refractivity contribution >= 4 is 33.4 Å². The number of phenolic OH excluding ortho intramolecular Hbond substituents is 1. The molecule has 0 aliphatic carbocycles. The van der Waals surface area contributed by atoms with Crippen LogP contribution in [0.4, 0.5) is 3.89 Å². The van der Waals surface area contributed by atoms with Gasteiger partial charge in [-0.1, -0.05) is 23.2 Å². The van der Waals surface area contributed by atoms with Crippen molar-refractivity contribution in [3.05, 3.63) is 22.2 Å². The highest BCUT2D eigenvalue weighted by Gasteiger charge is 2.20. The normalized spacial score (nSPS) is 11.6. The van der Waals surface area contributed by atoms with Gasteiger partial charge < -0.3 is 5.11 Å². The Kier molecular flexibility index (Phi) is 2.70. The summed E-state index contributed by atoms with van der Waals surface area (Å²) in [6.07, 6.45) is 0. The second-order valence-corrected chi connectivity index (χ2v) is 4.25. The lowest BCUT2D eigenvalue weighted by atomic mass is 10.3. The highest BCUT2D eigenvalue weighted by atomic mass is 35.5. The fourth-order valence-electron chi connectivity index (χ4n) is 0.719. The summed E-state index contributed by atoms with van der Waals surface area (Å²) in [5.41, 5.74) is 0. The number of rotatable bonds is 1. The van der Waals surface area contributed by atoms with Gasteiger partial charge in [0.2, 0.25) is 0 Å². The third-order valence-electron chi connectivity index (χ3n) is 1.29. The van der Waals surface area contributed by atoms with Crippen LogP contribution in [0.15, 0.2) is 17.0 Å². The molecule has 1 N–H and O–H groups in total. The summed E-state index contributed by atoms with van der Waals surface area (Å²) in [6, 6.07) is 1.91. The van der Waals surface area contributed by atoms with Gasteiger partial charge >= 0.3 is 10.2 Å². The third kappa shape index (κ3) is 2.04. The van der Waals surface area contributed by atoms with E-state index in [1.807, 2.05) is 0 Å². The van der Waals surface area contributed by atoms with Crippen molar-refractivity contribution < 1.29 is 17.4 Å². The minimum atomic E-state index is -4.97. The number of aromatic hydroxyl groups is 1. The molecule has 72 valence electrons. The van der Waals surface area contributed by atoms with Gasteiger partial charge in [-0.15, -0.1) is 3.89 Å². The van der Waals surface area contributed by atoms with Crippen LogP contribution in [0.1, 0.15) is 0 Å². The van der Waals surface area contributed by atoms with E-state index >= 15 is 0 Å². The lowest BCUT2D eigenvalue weighted by molar-refractivity contribution is 0.455. The Balaban J connectivity index is 3.53. The van der Waals surface area contributed by atoms with E-state index in [9.17, 15) is 12.3 Å². The molecule has 0 aliphatic rings. The van der Waals surface area contributed by atoms with E-state index in [0.717, 1.165) is 12.1 Å². The predicted octanol–water partition coefficient (Wildman–Crippen LogP) is 2.36. The number of halogens is 3. The fourth-order valence-corrected chi connectivity index (χ4v) is 1.66. The first-order chi connectivity index (χ1) is 5.84. The van der Waals surface area contributed by atoms with E-state index in [0.29, 0.717) is 0 Å². The Morgan fingerprint density at radius 1 is 1.31 bits per heavy atom. The zero-order chi connectivity index (χ0) is 10.2. The van der Waals surface area contributed by atoms with Crippen LogP contribution in [0.3, 0.4) is 0 Å². The van der Waals surface area contributed by atoms with Gasteiger partial charge in [0.15, 0.2) is 5.75 Å². The molecule has 0 saturated carbocycles. The molecule has 0 heterocycles. The van der Waals surface area contributed by atoms with Gasteiger partial charge in [0.1, 0.15) is 9.92 Å². The monoisotopic (exact) mass is 244 g/mol. The lowest BCUT2D eigenvalue weighted by Gasteiger charge is -2.02. The van der Waals surface area contributed by atoms with Crippen LogP contribution in [0, 0.1) is 0 Å². The van der Waals surface area contributed by atoms with E-state index in [1.165, 1.54) is 0 Å². The van der Waals surface area contributed by atoms with Gasteiger partial charge in [0.05, 0.1) is 5.02 Å². The summed E-state index contributed by atoms with van der Waals surface area (Å²) >= 11 is 10.8. The summed E-state index contributed by atoms with van der Waals surface area (Å²) in [5, 5.41) is 8.64. The maximum absolute atomic E-state index is 12.4. The minimum Gasteiger partial charge on any atom is -0.505 e. The standard InChI is InChI=1S/C6H3Cl2FO3S/c7-3-1-2-4(13(9,11)12)6(10)5(3)8/h1-2,10H. The van der Waals surface area contributed by atoms with Crippen LogP contribution in [0.5, 0.6) is 5.75 Å². The first-order valence-corrected chi connectivity index (χ1v) is 5.09. The van der Waals surface area contributed by atoms with E-state index in [4.69, 9.17) is 28.3 Å². The molecule has 1 aromatic rings. The van der Waals surface area contributed by atoms with E-state index in [2.05, 4.69) is 0 Å². The molecule has 1 rings (SSSR count). The maximum atomic E-state index is 12.4. The minimum absolute atomic E-state index is 0.0495. The van der Waals surface area contributed by atoms with Gasteiger partial charge in [-0.2, -0.15) is 8.42 Å². The van der Waals surface area contributed by atoms with Gasteiger partial charge in [-0.05, 0) is 12.1 Å². The first-order valence-electron chi connectivity index (χ1n) is 2.95. The molecule has 0 amide bonds. The second kappa shape index (κ2) is 3.32. The first kappa shape index (κ1) is 10.6. The summed E-state index contributed by atoms with van der Waals surface area (Å²) in [6.45, 7) is 0. The van der Waals surface area contributed by atoms with Crippen molar-refractivity contribution in [2.24, 2.45) is 0 Å². The highest BCUT2D eigenvalue weighted by Crippen LogP contribution is 2.36. The second-order valence-electron chi connectivity index (χ2n) is 2.15. The highest BCUT2D eigenvalue weighted by molar-refractivity contribution is 7.86. The van der Waals surface area contributed by atoms with E-state index in [-0.39, 0.29) is 10.0 Å². The maximum Gasteiger partial charge on any atom is 0.335 e. The molecule has 0 unspecified atom stereocenters. The average molecular weight is 245 g/mol. The average Bonchev–Trinajstić information content (AvgIpc) is 1.98.